The van der Waals surface area contributed by atoms with Crippen LogP contribution in [0.4, 0.5) is 0 Å². The summed E-state index contributed by atoms with van der Waals surface area (Å²) in [6, 6.07) is 17.3. The largest absolute Gasteiger partial charge is 0.361 e. The van der Waals surface area contributed by atoms with Gasteiger partial charge < -0.3 is 4.18 Å². The van der Waals surface area contributed by atoms with Crippen LogP contribution in [-0.2, 0) is 29.6 Å². The summed E-state index contributed by atoms with van der Waals surface area (Å²) in [5.41, 5.74) is 3.40. The maximum absolute atomic E-state index is 12.0. The van der Waals surface area contributed by atoms with E-state index in [9.17, 15) is 8.42 Å². The Kier molecular flexibility index (Phi) is 5.14. The summed E-state index contributed by atoms with van der Waals surface area (Å²) in [4.78, 5) is 2.14. The van der Waals surface area contributed by atoms with Crippen LogP contribution < -0.4 is 4.18 Å². The number of fused-ring (bicyclic) bond motifs is 1. The molecule has 0 aliphatic carbocycles. The molecule has 0 unspecified atom stereocenters. The second-order valence-corrected chi connectivity index (χ2v) is 8.94. The average molecular weight is 418 g/mol. The van der Waals surface area contributed by atoms with Gasteiger partial charge in [-0.2, -0.15) is 18.2 Å². The van der Waals surface area contributed by atoms with Crippen molar-refractivity contribution in [1.82, 2.24) is 14.7 Å². The Morgan fingerprint density at radius 1 is 1.11 bits per heavy atom. The van der Waals surface area contributed by atoms with Gasteiger partial charge in [0.1, 0.15) is 0 Å². The Hall–Kier alpha value is -2.35. The molecule has 28 heavy (non-hydrogen) atoms. The number of hydrogen-bond donors (Lipinski definition) is 0. The average Bonchev–Trinajstić information content (AvgIpc) is 2.99. The molecule has 1 aromatic heterocycles. The number of benzene rings is 2. The molecule has 2 heterocycles. The minimum absolute atomic E-state index is 0.0520. The SMILES string of the molecule is CN(Cc1ccccc1)Cc1nn(-c2ccccc2Cl)c2c1CCS(=O)(=O)O2. The first kappa shape index (κ1) is 19.0. The van der Waals surface area contributed by atoms with Gasteiger partial charge >= 0.3 is 10.1 Å². The molecule has 0 atom stereocenters. The van der Waals surface area contributed by atoms with Gasteiger partial charge in [-0.1, -0.05) is 54.1 Å². The van der Waals surface area contributed by atoms with Crippen LogP contribution in [0.3, 0.4) is 0 Å². The van der Waals surface area contributed by atoms with Gasteiger partial charge in [-0.15, -0.1) is 0 Å². The van der Waals surface area contributed by atoms with Gasteiger partial charge in [-0.3, -0.25) is 4.90 Å². The zero-order valence-corrected chi connectivity index (χ0v) is 16.9. The first-order valence-corrected chi connectivity index (χ1v) is 10.9. The molecular formula is C20H20ClN3O3S. The highest BCUT2D eigenvalue weighted by Gasteiger charge is 2.31. The molecule has 6 nitrogen and oxygen atoms in total. The lowest BCUT2D eigenvalue weighted by atomic mass is 10.1. The first-order chi connectivity index (χ1) is 13.4. The maximum Gasteiger partial charge on any atom is 0.311 e. The second kappa shape index (κ2) is 7.58. The quantitative estimate of drug-likeness (QED) is 0.595. The number of para-hydroxylation sites is 1. The van der Waals surface area contributed by atoms with Crippen molar-refractivity contribution < 1.29 is 12.6 Å². The summed E-state index contributed by atoms with van der Waals surface area (Å²) in [6.45, 7) is 1.33. The number of aromatic nitrogens is 2. The molecule has 0 saturated heterocycles. The maximum atomic E-state index is 12.0. The van der Waals surface area contributed by atoms with Crippen molar-refractivity contribution >= 4 is 21.7 Å². The summed E-state index contributed by atoms with van der Waals surface area (Å²) in [7, 11) is -1.61. The standard InChI is InChI=1S/C20H20ClN3O3S/c1-23(13-15-7-3-2-4-8-15)14-18-16-11-12-28(25,26)27-20(16)24(22-18)19-10-6-5-9-17(19)21/h2-10H,11-14H2,1H3. The summed E-state index contributed by atoms with van der Waals surface area (Å²) in [5, 5.41) is 5.15. The molecule has 0 N–H and O–H groups in total. The molecule has 146 valence electrons. The van der Waals surface area contributed by atoms with Crippen molar-refractivity contribution in [2.75, 3.05) is 12.8 Å². The van der Waals surface area contributed by atoms with Crippen LogP contribution in [0.2, 0.25) is 5.02 Å². The Labute approximate surface area is 169 Å². The van der Waals surface area contributed by atoms with Crippen LogP contribution in [0.5, 0.6) is 5.88 Å². The van der Waals surface area contributed by atoms with Gasteiger partial charge in [-0.25, -0.2) is 0 Å². The summed E-state index contributed by atoms with van der Waals surface area (Å²) in [6.07, 6.45) is 0.372. The smallest absolute Gasteiger partial charge is 0.311 e. The summed E-state index contributed by atoms with van der Waals surface area (Å²) >= 11 is 6.32. The Bertz CT molecular complexity index is 1100. The molecule has 0 fully saturated rings. The van der Waals surface area contributed by atoms with Crippen LogP contribution in [-0.4, -0.2) is 35.9 Å². The minimum Gasteiger partial charge on any atom is -0.361 e. The van der Waals surface area contributed by atoms with E-state index in [1.165, 1.54) is 10.2 Å². The monoisotopic (exact) mass is 417 g/mol. The molecule has 1 aliphatic heterocycles. The van der Waals surface area contributed by atoms with E-state index in [1.54, 1.807) is 12.1 Å². The van der Waals surface area contributed by atoms with E-state index in [1.807, 2.05) is 37.4 Å². The molecule has 4 rings (SSSR count). The molecule has 0 amide bonds. The molecule has 3 aromatic rings. The van der Waals surface area contributed by atoms with E-state index < -0.39 is 10.1 Å². The first-order valence-electron chi connectivity index (χ1n) is 8.93. The fourth-order valence-corrected chi connectivity index (χ4v) is 4.49. The lowest BCUT2D eigenvalue weighted by Gasteiger charge is -2.18. The Morgan fingerprint density at radius 3 is 2.57 bits per heavy atom. The Morgan fingerprint density at radius 2 is 1.82 bits per heavy atom. The number of nitrogens with zero attached hydrogens (tertiary/aromatic N) is 3. The lowest BCUT2D eigenvalue weighted by Crippen LogP contribution is -2.23. The highest BCUT2D eigenvalue weighted by Crippen LogP contribution is 2.34. The minimum atomic E-state index is -3.62. The van der Waals surface area contributed by atoms with Gasteiger partial charge in [0.25, 0.3) is 0 Å². The predicted octanol–water partition coefficient (Wildman–Crippen LogP) is 3.42. The molecular weight excluding hydrogens is 398 g/mol. The van der Waals surface area contributed by atoms with Crippen molar-refractivity contribution in [1.29, 1.82) is 0 Å². The number of rotatable bonds is 5. The van der Waals surface area contributed by atoms with Crippen LogP contribution >= 0.6 is 11.6 Å². The lowest BCUT2D eigenvalue weighted by molar-refractivity contribution is 0.313. The van der Waals surface area contributed by atoms with Gasteiger partial charge in [0.2, 0.25) is 5.88 Å². The van der Waals surface area contributed by atoms with Crippen molar-refractivity contribution in [2.45, 2.75) is 19.5 Å². The molecule has 0 spiro atoms. The van der Waals surface area contributed by atoms with E-state index in [-0.39, 0.29) is 11.6 Å². The molecule has 8 heteroatoms. The van der Waals surface area contributed by atoms with E-state index in [0.717, 1.165) is 17.8 Å². The van der Waals surface area contributed by atoms with Crippen LogP contribution in [0.1, 0.15) is 16.8 Å². The zero-order chi connectivity index (χ0) is 19.7. The van der Waals surface area contributed by atoms with E-state index in [0.29, 0.717) is 23.7 Å². The van der Waals surface area contributed by atoms with Crippen molar-refractivity contribution in [2.24, 2.45) is 0 Å². The molecule has 0 bridgehead atoms. The van der Waals surface area contributed by atoms with E-state index in [2.05, 4.69) is 22.1 Å². The van der Waals surface area contributed by atoms with E-state index in [4.69, 9.17) is 15.8 Å². The van der Waals surface area contributed by atoms with Gasteiger partial charge in [0.05, 0.1) is 22.2 Å². The van der Waals surface area contributed by atoms with E-state index >= 15 is 0 Å². The van der Waals surface area contributed by atoms with Crippen molar-refractivity contribution in [3.63, 3.8) is 0 Å². The van der Waals surface area contributed by atoms with Gasteiger partial charge in [0.15, 0.2) is 0 Å². The van der Waals surface area contributed by atoms with Crippen LogP contribution in [0.25, 0.3) is 5.69 Å². The molecule has 1 aliphatic rings. The van der Waals surface area contributed by atoms with Gasteiger partial charge in [-0.05, 0) is 31.2 Å². The fraction of sp³-hybridized carbons (Fsp3) is 0.250. The highest BCUT2D eigenvalue weighted by molar-refractivity contribution is 7.87. The van der Waals surface area contributed by atoms with Crippen LogP contribution in [0.15, 0.2) is 54.6 Å². The zero-order valence-electron chi connectivity index (χ0n) is 15.4. The summed E-state index contributed by atoms with van der Waals surface area (Å²) in [5.74, 6) is 0.186. The topological polar surface area (TPSA) is 64.4 Å². The third kappa shape index (κ3) is 3.92. The third-order valence-corrected chi connectivity index (χ3v) is 6.06. The molecule has 0 saturated carbocycles. The normalized spacial score (nSPS) is 15.2. The van der Waals surface area contributed by atoms with Crippen LogP contribution in [0, 0.1) is 0 Å². The molecule has 0 radical (unpaired) electrons. The van der Waals surface area contributed by atoms with Crippen molar-refractivity contribution in [3.05, 3.63) is 76.4 Å². The molecule has 2 aromatic carbocycles. The number of halogens is 1. The second-order valence-electron chi connectivity index (χ2n) is 6.85. The number of hydrogen-bond acceptors (Lipinski definition) is 5. The third-order valence-electron chi connectivity index (χ3n) is 4.62. The summed E-state index contributed by atoms with van der Waals surface area (Å²) < 4.78 is 30.9. The highest BCUT2D eigenvalue weighted by atomic mass is 35.5. The van der Waals surface area contributed by atoms with Crippen molar-refractivity contribution in [3.8, 4) is 11.6 Å². The van der Waals surface area contributed by atoms with Gasteiger partial charge in [0, 0.05) is 18.7 Å². The predicted molar refractivity (Wildman–Crippen MR) is 108 cm³/mol. The fourth-order valence-electron chi connectivity index (χ4n) is 3.32. The Balaban J connectivity index is 1.69.